The number of β-lactam (4-membered cyclic amide) rings is 1. The first-order valence-electron chi connectivity index (χ1n) is 17.1. The number of amides is 3. The maximum absolute atomic E-state index is 14.3. The van der Waals surface area contributed by atoms with Gasteiger partial charge in [0.25, 0.3) is 11.8 Å². The SMILES string of the molecule is Nc1nc(N(C(=O)C=NOC(c2ccccc2)(c2ccccc2)c2ccccc2)[C@@H]2C(=O)N3C(C(=O)O)=C(C(=C4CCNC4=O)C4CC4)CS[C@H]23)cs1. The van der Waals surface area contributed by atoms with Crippen molar-refractivity contribution in [3.8, 4) is 0 Å². The molecule has 2 saturated heterocycles. The number of rotatable bonds is 11. The maximum Gasteiger partial charge on any atom is 0.352 e. The van der Waals surface area contributed by atoms with E-state index in [0.29, 0.717) is 24.1 Å². The molecule has 4 aromatic rings. The number of nitrogens with two attached hydrogens (primary N) is 1. The number of anilines is 2. The molecule has 0 unspecified atom stereocenters. The molecule has 14 heteroatoms. The van der Waals surface area contributed by atoms with Gasteiger partial charge in [-0.3, -0.25) is 24.2 Å². The number of oxime groups is 1. The minimum absolute atomic E-state index is 0.0737. The summed E-state index contributed by atoms with van der Waals surface area (Å²) in [6.07, 6.45) is 3.21. The monoisotopic (exact) mass is 746 g/mol. The van der Waals surface area contributed by atoms with Crippen LogP contribution in [-0.2, 0) is 29.6 Å². The Morgan fingerprint density at radius 2 is 1.58 bits per heavy atom. The Bertz CT molecular complexity index is 2090. The van der Waals surface area contributed by atoms with Crippen LogP contribution in [0.3, 0.4) is 0 Å². The first-order chi connectivity index (χ1) is 25.8. The molecule has 1 saturated carbocycles. The number of thioether (sulfide) groups is 1. The molecule has 4 heterocycles. The number of fused-ring (bicyclic) bond motifs is 1. The molecule has 53 heavy (non-hydrogen) atoms. The van der Waals surface area contributed by atoms with E-state index in [1.807, 2.05) is 91.0 Å². The van der Waals surface area contributed by atoms with Crippen molar-refractivity contribution in [3.63, 3.8) is 0 Å². The number of hydrogen-bond acceptors (Lipinski definition) is 10. The van der Waals surface area contributed by atoms with Gasteiger partial charge in [0.2, 0.25) is 11.5 Å². The number of carboxylic acids is 1. The lowest BCUT2D eigenvalue weighted by Crippen LogP contribution is -2.72. The Balaban J connectivity index is 1.15. The number of benzene rings is 3. The van der Waals surface area contributed by atoms with E-state index in [-0.39, 0.29) is 34.2 Å². The summed E-state index contributed by atoms with van der Waals surface area (Å²) in [6.45, 7) is 0.489. The lowest BCUT2D eigenvalue weighted by Gasteiger charge is -2.52. The summed E-state index contributed by atoms with van der Waals surface area (Å²) in [5.41, 5.74) is 8.74. The third-order valence-electron chi connectivity index (χ3n) is 9.88. The van der Waals surface area contributed by atoms with E-state index >= 15 is 0 Å². The van der Waals surface area contributed by atoms with Gasteiger partial charge in [-0.1, -0.05) is 96.2 Å². The predicted octanol–water partition coefficient (Wildman–Crippen LogP) is 4.90. The van der Waals surface area contributed by atoms with Gasteiger partial charge in [-0.15, -0.1) is 23.1 Å². The predicted molar refractivity (Wildman–Crippen MR) is 202 cm³/mol. The molecule has 1 aliphatic carbocycles. The average molecular weight is 747 g/mol. The topological polar surface area (TPSA) is 168 Å². The van der Waals surface area contributed by atoms with Gasteiger partial charge < -0.3 is 21.0 Å². The Kier molecular flexibility index (Phi) is 9.08. The van der Waals surface area contributed by atoms with Crippen molar-refractivity contribution in [3.05, 3.63) is 135 Å². The second kappa shape index (κ2) is 14.0. The van der Waals surface area contributed by atoms with E-state index in [4.69, 9.17) is 10.6 Å². The molecule has 3 amide bonds. The quantitative estimate of drug-likeness (QED) is 0.0636. The van der Waals surface area contributed by atoms with Crippen LogP contribution in [0.2, 0.25) is 0 Å². The van der Waals surface area contributed by atoms with Crippen molar-refractivity contribution in [2.75, 3.05) is 22.9 Å². The smallest absolute Gasteiger partial charge is 0.352 e. The molecule has 268 valence electrons. The zero-order valence-corrected chi connectivity index (χ0v) is 29.9. The second-order valence-electron chi connectivity index (χ2n) is 13.0. The van der Waals surface area contributed by atoms with Crippen molar-refractivity contribution < 1.29 is 29.1 Å². The fourth-order valence-corrected chi connectivity index (χ4v) is 9.35. The average Bonchev–Trinajstić information content (AvgIpc) is 3.79. The van der Waals surface area contributed by atoms with Crippen LogP contribution in [0.15, 0.2) is 124 Å². The lowest BCUT2D eigenvalue weighted by molar-refractivity contribution is -0.148. The van der Waals surface area contributed by atoms with Gasteiger partial charge in [0.15, 0.2) is 5.13 Å². The summed E-state index contributed by atoms with van der Waals surface area (Å²) in [5.74, 6) is -2.29. The van der Waals surface area contributed by atoms with Gasteiger partial charge in [-0.2, -0.15) is 0 Å². The van der Waals surface area contributed by atoms with E-state index in [2.05, 4.69) is 15.5 Å². The Morgan fingerprint density at radius 1 is 0.981 bits per heavy atom. The highest BCUT2D eigenvalue weighted by molar-refractivity contribution is 8.00. The standard InChI is InChI=1S/C39H34N6O6S2/c40-38-43-29(22-53-38)44(33-35(48)45-32(37(49)50)28(21-52-36(33)45)31(23-16-17-23)27-18-19-41-34(27)47)30(46)20-42-51-39(24-10-4-1-5-11-24,25-12-6-2-7-13-25)26-14-8-3-9-15-26/h1-15,20,22-23,33,36H,16-19,21H2,(H2,40,43)(H,41,47)(H,49,50)/t33-,36-/m1/s1. The summed E-state index contributed by atoms with van der Waals surface area (Å²) in [4.78, 5) is 67.3. The minimum atomic E-state index is -1.26. The summed E-state index contributed by atoms with van der Waals surface area (Å²) < 4.78 is 0. The van der Waals surface area contributed by atoms with Crippen LogP contribution < -0.4 is 16.0 Å². The minimum Gasteiger partial charge on any atom is -0.477 e. The highest BCUT2D eigenvalue weighted by Crippen LogP contribution is 2.50. The number of carboxylic acid groups (broad SMARTS) is 1. The number of aromatic nitrogens is 1. The van der Waals surface area contributed by atoms with Crippen molar-refractivity contribution in [2.45, 2.75) is 36.3 Å². The summed E-state index contributed by atoms with van der Waals surface area (Å²) in [7, 11) is 0. The third-order valence-corrected chi connectivity index (χ3v) is 11.8. The Labute approximate surface area is 313 Å². The summed E-state index contributed by atoms with van der Waals surface area (Å²) >= 11 is 2.45. The van der Waals surface area contributed by atoms with Gasteiger partial charge in [-0.25, -0.2) is 9.78 Å². The molecule has 3 aromatic carbocycles. The van der Waals surface area contributed by atoms with Gasteiger partial charge in [0, 0.05) is 39.9 Å². The van der Waals surface area contributed by atoms with E-state index in [9.17, 15) is 24.3 Å². The maximum atomic E-state index is 14.3. The molecule has 3 fully saturated rings. The third kappa shape index (κ3) is 6.07. The second-order valence-corrected chi connectivity index (χ2v) is 15.0. The van der Waals surface area contributed by atoms with E-state index in [1.165, 1.54) is 21.6 Å². The Hall–Kier alpha value is -5.73. The number of nitrogen functional groups attached to an aromatic ring is 1. The lowest BCUT2D eigenvalue weighted by atomic mass is 9.80. The van der Waals surface area contributed by atoms with Crippen LogP contribution in [0.25, 0.3) is 0 Å². The molecular formula is C39H34N6O6S2. The normalized spacial score (nSPS) is 20.9. The van der Waals surface area contributed by atoms with E-state index < -0.39 is 34.8 Å². The number of thiazole rings is 1. The number of hydrogen-bond donors (Lipinski definition) is 3. The van der Waals surface area contributed by atoms with Crippen LogP contribution in [0, 0.1) is 5.92 Å². The number of allylic oxidation sites excluding steroid dienone is 1. The van der Waals surface area contributed by atoms with Crippen molar-refractivity contribution in [2.24, 2.45) is 11.1 Å². The van der Waals surface area contributed by atoms with E-state index in [0.717, 1.165) is 52.7 Å². The van der Waals surface area contributed by atoms with Crippen molar-refractivity contribution in [1.29, 1.82) is 0 Å². The summed E-state index contributed by atoms with van der Waals surface area (Å²) in [6, 6.07) is 27.5. The molecular weight excluding hydrogens is 713 g/mol. The van der Waals surface area contributed by atoms with Crippen LogP contribution >= 0.6 is 23.1 Å². The fourth-order valence-electron chi connectivity index (χ4n) is 7.41. The number of nitrogens with one attached hydrogen (secondary N) is 1. The zero-order valence-electron chi connectivity index (χ0n) is 28.3. The van der Waals surface area contributed by atoms with Crippen molar-refractivity contribution in [1.82, 2.24) is 15.2 Å². The van der Waals surface area contributed by atoms with Gasteiger partial charge in [0.05, 0.1) is 0 Å². The fraction of sp³-hybridized carbons (Fsp3) is 0.231. The first-order valence-corrected chi connectivity index (χ1v) is 19.1. The molecule has 2 atom stereocenters. The largest absolute Gasteiger partial charge is 0.477 e. The number of aliphatic carboxylic acids is 1. The molecule has 1 aromatic heterocycles. The molecule has 12 nitrogen and oxygen atoms in total. The van der Waals surface area contributed by atoms with Crippen LogP contribution in [0.4, 0.5) is 10.9 Å². The number of carbonyl (C=O) groups excluding carboxylic acids is 3. The zero-order chi connectivity index (χ0) is 36.7. The molecule has 4 aliphatic rings. The molecule has 4 N–H and O–H groups in total. The van der Waals surface area contributed by atoms with Gasteiger partial charge in [0.1, 0.15) is 29.1 Å². The molecule has 8 rings (SSSR count). The summed E-state index contributed by atoms with van der Waals surface area (Å²) in [5, 5.41) is 18.7. The van der Waals surface area contributed by atoms with Crippen molar-refractivity contribution >= 4 is 64.0 Å². The highest BCUT2D eigenvalue weighted by Gasteiger charge is 2.58. The van der Waals surface area contributed by atoms with Crippen LogP contribution in [0.1, 0.15) is 36.0 Å². The molecule has 3 aliphatic heterocycles. The molecule has 0 bridgehead atoms. The van der Waals surface area contributed by atoms with Crippen LogP contribution in [0.5, 0.6) is 0 Å². The van der Waals surface area contributed by atoms with E-state index in [1.54, 1.807) is 5.38 Å². The molecule has 0 radical (unpaired) electrons. The number of nitrogens with zero attached hydrogens (tertiary/aromatic N) is 4. The highest BCUT2D eigenvalue weighted by atomic mass is 32.2. The molecule has 0 spiro atoms. The number of carbonyl (C=O) groups is 4. The van der Waals surface area contributed by atoms with Gasteiger partial charge >= 0.3 is 5.97 Å². The Morgan fingerprint density at radius 3 is 2.08 bits per heavy atom. The first kappa shape index (κ1) is 34.4. The van der Waals surface area contributed by atoms with Gasteiger partial charge in [-0.05, 0) is 36.3 Å². The van der Waals surface area contributed by atoms with Crippen LogP contribution in [-0.4, -0.2) is 68.6 Å².